The number of hydrogen-bond donors (Lipinski definition) is 0. The van der Waals surface area contributed by atoms with Crippen molar-refractivity contribution >= 4 is 28.3 Å². The Morgan fingerprint density at radius 2 is 1.85 bits per heavy atom. The molecular formula is C20H17N3O3S. The number of carbonyl (C=O) groups is 1. The number of aromatic nitrogens is 2. The van der Waals surface area contributed by atoms with Crippen molar-refractivity contribution in [2.24, 2.45) is 4.99 Å². The van der Waals surface area contributed by atoms with E-state index in [1.807, 2.05) is 52.5 Å². The summed E-state index contributed by atoms with van der Waals surface area (Å²) in [4.78, 5) is 29.2. The molecule has 7 heteroatoms. The van der Waals surface area contributed by atoms with E-state index < -0.39 is 5.76 Å². The minimum absolute atomic E-state index is 0.132. The first-order valence-electron chi connectivity index (χ1n) is 8.54. The van der Waals surface area contributed by atoms with Crippen LogP contribution in [0, 0.1) is 0 Å². The Hall–Kier alpha value is -3.19. The molecule has 0 aliphatic rings. The van der Waals surface area contributed by atoms with E-state index in [2.05, 4.69) is 4.99 Å². The lowest BCUT2D eigenvalue weighted by atomic mass is 10.2. The van der Waals surface area contributed by atoms with Gasteiger partial charge in [-0.1, -0.05) is 42.5 Å². The van der Waals surface area contributed by atoms with Crippen LogP contribution in [-0.2, 0) is 17.9 Å². The van der Waals surface area contributed by atoms with Gasteiger partial charge in [-0.2, -0.15) is 4.99 Å². The Morgan fingerprint density at radius 3 is 2.70 bits per heavy atom. The molecular weight excluding hydrogens is 362 g/mol. The molecule has 1 amide bonds. The summed E-state index contributed by atoms with van der Waals surface area (Å²) in [5.41, 5.74) is 2.35. The number of amides is 1. The van der Waals surface area contributed by atoms with Crippen LogP contribution in [0.4, 0.5) is 0 Å². The van der Waals surface area contributed by atoms with Crippen molar-refractivity contribution in [2.75, 3.05) is 0 Å². The zero-order valence-electron chi connectivity index (χ0n) is 14.4. The highest BCUT2D eigenvalue weighted by Crippen LogP contribution is 2.12. The molecule has 0 saturated carbocycles. The third-order valence-electron chi connectivity index (χ3n) is 4.20. The van der Waals surface area contributed by atoms with Crippen molar-refractivity contribution < 1.29 is 9.21 Å². The summed E-state index contributed by atoms with van der Waals surface area (Å²) in [6, 6.07) is 17.2. The predicted molar refractivity (Wildman–Crippen MR) is 104 cm³/mol. The van der Waals surface area contributed by atoms with E-state index in [1.54, 1.807) is 18.2 Å². The van der Waals surface area contributed by atoms with E-state index in [9.17, 15) is 9.59 Å². The fourth-order valence-electron chi connectivity index (χ4n) is 2.88. The molecule has 136 valence electrons. The van der Waals surface area contributed by atoms with Gasteiger partial charge in [-0.05, 0) is 17.7 Å². The van der Waals surface area contributed by atoms with Crippen LogP contribution in [0.3, 0.4) is 0 Å². The molecule has 6 nitrogen and oxygen atoms in total. The summed E-state index contributed by atoms with van der Waals surface area (Å²) >= 11 is 1.41. The average molecular weight is 379 g/mol. The third kappa shape index (κ3) is 3.83. The molecule has 0 N–H and O–H groups in total. The van der Waals surface area contributed by atoms with E-state index in [-0.39, 0.29) is 18.9 Å². The van der Waals surface area contributed by atoms with Gasteiger partial charge in [0.25, 0.3) is 0 Å². The van der Waals surface area contributed by atoms with Crippen LogP contribution in [-0.4, -0.2) is 15.0 Å². The highest BCUT2D eigenvalue weighted by atomic mass is 32.1. The number of aryl methyl sites for hydroxylation is 1. The van der Waals surface area contributed by atoms with Gasteiger partial charge in [-0.3, -0.25) is 9.36 Å². The fourth-order valence-corrected chi connectivity index (χ4v) is 3.63. The molecule has 0 aliphatic heterocycles. The lowest BCUT2D eigenvalue weighted by molar-refractivity contribution is -0.118. The molecule has 27 heavy (non-hydrogen) atoms. The molecule has 2 heterocycles. The van der Waals surface area contributed by atoms with E-state index in [4.69, 9.17) is 4.42 Å². The van der Waals surface area contributed by atoms with Crippen molar-refractivity contribution in [2.45, 2.75) is 19.5 Å². The van der Waals surface area contributed by atoms with Crippen LogP contribution >= 0.6 is 11.3 Å². The predicted octanol–water partition coefficient (Wildman–Crippen LogP) is 3.02. The maximum absolute atomic E-state index is 12.3. The smallest absolute Gasteiger partial charge is 0.408 e. The van der Waals surface area contributed by atoms with E-state index in [0.29, 0.717) is 22.4 Å². The van der Waals surface area contributed by atoms with Crippen LogP contribution < -0.4 is 10.6 Å². The maximum Gasteiger partial charge on any atom is 0.419 e. The van der Waals surface area contributed by atoms with Crippen LogP contribution in [0.5, 0.6) is 0 Å². The summed E-state index contributed by atoms with van der Waals surface area (Å²) < 4.78 is 8.60. The van der Waals surface area contributed by atoms with Gasteiger partial charge in [0.1, 0.15) is 0 Å². The second-order valence-electron chi connectivity index (χ2n) is 6.04. The number of benzene rings is 2. The molecule has 2 aromatic heterocycles. The van der Waals surface area contributed by atoms with Crippen molar-refractivity contribution in [1.29, 1.82) is 0 Å². The lowest BCUT2D eigenvalue weighted by Gasteiger charge is -2.03. The number of carbonyl (C=O) groups excluding carboxylic acids is 1. The van der Waals surface area contributed by atoms with Crippen molar-refractivity contribution in [1.82, 2.24) is 9.13 Å². The van der Waals surface area contributed by atoms with Crippen LogP contribution in [0.25, 0.3) is 11.1 Å². The van der Waals surface area contributed by atoms with Crippen LogP contribution in [0.1, 0.15) is 12.0 Å². The Balaban J connectivity index is 1.50. The quantitative estimate of drug-likeness (QED) is 0.535. The normalized spacial score (nSPS) is 11.9. The van der Waals surface area contributed by atoms with E-state index >= 15 is 0 Å². The Morgan fingerprint density at radius 1 is 1.07 bits per heavy atom. The third-order valence-corrected chi connectivity index (χ3v) is 4.99. The molecule has 0 radical (unpaired) electrons. The minimum Gasteiger partial charge on any atom is -0.408 e. The second-order valence-corrected chi connectivity index (χ2v) is 6.91. The Labute approximate surface area is 158 Å². The van der Waals surface area contributed by atoms with E-state index in [0.717, 1.165) is 5.56 Å². The van der Waals surface area contributed by atoms with Gasteiger partial charge in [0, 0.05) is 31.1 Å². The molecule has 4 aromatic rings. The standard InChI is InChI=1S/C20H17N3O3S/c24-18(10-11-23-16-8-4-5-9-17(16)26-20(23)25)21-19-22(12-13-27-19)14-15-6-2-1-3-7-15/h1-9,12-13H,10-11,14H2. The number of thiazole rings is 1. The van der Waals surface area contributed by atoms with Gasteiger partial charge < -0.3 is 8.98 Å². The minimum atomic E-state index is -0.459. The number of hydrogen-bond acceptors (Lipinski definition) is 4. The number of nitrogens with zero attached hydrogens (tertiary/aromatic N) is 3. The number of rotatable bonds is 5. The van der Waals surface area contributed by atoms with Gasteiger partial charge in [0.15, 0.2) is 10.4 Å². The molecule has 0 aliphatic carbocycles. The van der Waals surface area contributed by atoms with Crippen molar-refractivity contribution in [3.8, 4) is 0 Å². The Kier molecular flexibility index (Phi) is 4.84. The Bertz CT molecular complexity index is 1200. The summed E-state index contributed by atoms with van der Waals surface area (Å²) in [6.07, 6.45) is 2.05. The first-order chi connectivity index (χ1) is 13.2. The monoisotopic (exact) mass is 379 g/mol. The fraction of sp³-hybridized carbons (Fsp3) is 0.150. The van der Waals surface area contributed by atoms with Gasteiger partial charge in [-0.15, -0.1) is 11.3 Å². The highest BCUT2D eigenvalue weighted by Gasteiger charge is 2.10. The molecule has 0 bridgehead atoms. The van der Waals surface area contributed by atoms with Crippen molar-refractivity contribution in [3.05, 3.63) is 87.1 Å². The lowest BCUT2D eigenvalue weighted by Crippen LogP contribution is -2.19. The van der Waals surface area contributed by atoms with Gasteiger partial charge in [0.2, 0.25) is 5.91 Å². The number of fused-ring (bicyclic) bond motifs is 1. The van der Waals surface area contributed by atoms with Crippen LogP contribution in [0.15, 0.2) is 80.4 Å². The molecule has 0 saturated heterocycles. The molecule has 0 atom stereocenters. The number of oxazole rings is 1. The summed E-state index contributed by atoms with van der Waals surface area (Å²) in [6.45, 7) is 0.893. The van der Waals surface area contributed by atoms with Crippen LogP contribution in [0.2, 0.25) is 0 Å². The first kappa shape index (κ1) is 17.2. The zero-order valence-corrected chi connectivity index (χ0v) is 15.3. The zero-order chi connectivity index (χ0) is 18.6. The van der Waals surface area contributed by atoms with Gasteiger partial charge in [-0.25, -0.2) is 4.79 Å². The summed E-state index contributed by atoms with van der Waals surface area (Å²) in [5, 5.41) is 1.91. The largest absolute Gasteiger partial charge is 0.419 e. The topological polar surface area (TPSA) is 69.5 Å². The average Bonchev–Trinajstić information content (AvgIpc) is 3.24. The molecule has 2 aromatic carbocycles. The molecule has 4 rings (SSSR count). The number of para-hydroxylation sites is 2. The summed E-state index contributed by atoms with van der Waals surface area (Å²) in [7, 11) is 0. The first-order valence-corrected chi connectivity index (χ1v) is 9.42. The van der Waals surface area contributed by atoms with Crippen molar-refractivity contribution in [3.63, 3.8) is 0 Å². The highest BCUT2D eigenvalue weighted by molar-refractivity contribution is 7.07. The SMILES string of the molecule is O=C(CCn1c(=O)oc2ccccc21)N=c1sccn1Cc1ccccc1. The summed E-state index contributed by atoms with van der Waals surface area (Å²) in [5.74, 6) is -0.726. The molecule has 0 unspecified atom stereocenters. The molecule has 0 spiro atoms. The van der Waals surface area contributed by atoms with E-state index in [1.165, 1.54) is 15.9 Å². The van der Waals surface area contributed by atoms with Gasteiger partial charge in [0.05, 0.1) is 5.52 Å². The molecule has 0 fully saturated rings. The van der Waals surface area contributed by atoms with Gasteiger partial charge >= 0.3 is 5.76 Å². The maximum atomic E-state index is 12.3. The second kappa shape index (κ2) is 7.59.